The summed E-state index contributed by atoms with van der Waals surface area (Å²) in [7, 11) is 0. The van der Waals surface area contributed by atoms with E-state index < -0.39 is 0 Å². The number of anilines is 2. The maximum atomic E-state index is 4.91. The standard InChI is InChI=1S/C8H8N4S2/c1-5-2-3-6(4-9-5)10-7-11-12-8(13)14-7/h2-4H,1H3,(H,10,11)(H,12,13). The first-order valence-electron chi connectivity index (χ1n) is 3.99. The number of pyridine rings is 1. The molecule has 0 atom stereocenters. The van der Waals surface area contributed by atoms with Gasteiger partial charge in [0.1, 0.15) is 0 Å². The van der Waals surface area contributed by atoms with Crippen molar-refractivity contribution in [3.05, 3.63) is 28.0 Å². The van der Waals surface area contributed by atoms with Crippen LogP contribution in [0.2, 0.25) is 0 Å². The molecule has 14 heavy (non-hydrogen) atoms. The topological polar surface area (TPSA) is 53.6 Å². The lowest BCUT2D eigenvalue weighted by Crippen LogP contribution is -1.90. The van der Waals surface area contributed by atoms with E-state index in [9.17, 15) is 0 Å². The van der Waals surface area contributed by atoms with Gasteiger partial charge in [0.15, 0.2) is 3.95 Å². The van der Waals surface area contributed by atoms with Crippen LogP contribution in [-0.2, 0) is 0 Å². The van der Waals surface area contributed by atoms with E-state index in [0.29, 0.717) is 3.95 Å². The summed E-state index contributed by atoms with van der Waals surface area (Å²) in [6, 6.07) is 3.89. The number of nitrogens with one attached hydrogen (secondary N) is 2. The molecule has 2 aromatic rings. The quantitative estimate of drug-likeness (QED) is 0.770. The largest absolute Gasteiger partial charge is 0.329 e. The molecule has 2 rings (SSSR count). The van der Waals surface area contributed by atoms with Crippen LogP contribution in [0.3, 0.4) is 0 Å². The van der Waals surface area contributed by atoms with Crippen molar-refractivity contribution in [2.45, 2.75) is 6.92 Å². The predicted molar refractivity (Wildman–Crippen MR) is 59.6 cm³/mol. The smallest absolute Gasteiger partial charge is 0.208 e. The highest BCUT2D eigenvalue weighted by atomic mass is 32.1. The van der Waals surface area contributed by atoms with Gasteiger partial charge >= 0.3 is 0 Å². The van der Waals surface area contributed by atoms with Gasteiger partial charge in [-0.05, 0) is 31.3 Å². The number of aromatic amines is 1. The maximum absolute atomic E-state index is 4.91. The van der Waals surface area contributed by atoms with Crippen LogP contribution in [0.5, 0.6) is 0 Å². The number of nitrogens with zero attached hydrogens (tertiary/aromatic N) is 2. The molecular weight excluding hydrogens is 216 g/mol. The molecule has 6 heteroatoms. The molecule has 72 valence electrons. The van der Waals surface area contributed by atoms with Gasteiger partial charge in [-0.25, -0.2) is 0 Å². The van der Waals surface area contributed by atoms with Crippen LogP contribution < -0.4 is 5.32 Å². The van der Waals surface area contributed by atoms with Gasteiger partial charge < -0.3 is 5.32 Å². The van der Waals surface area contributed by atoms with Crippen molar-refractivity contribution in [3.63, 3.8) is 0 Å². The van der Waals surface area contributed by atoms with Gasteiger partial charge in [-0.1, -0.05) is 11.3 Å². The minimum atomic E-state index is 0.660. The summed E-state index contributed by atoms with van der Waals surface area (Å²) in [6.45, 7) is 1.95. The van der Waals surface area contributed by atoms with Crippen LogP contribution in [0.25, 0.3) is 0 Å². The fraction of sp³-hybridized carbons (Fsp3) is 0.125. The predicted octanol–water partition coefficient (Wildman–Crippen LogP) is 2.65. The number of rotatable bonds is 2. The lowest BCUT2D eigenvalue weighted by atomic mass is 10.3. The van der Waals surface area contributed by atoms with E-state index in [1.54, 1.807) is 6.20 Å². The molecule has 0 bridgehead atoms. The molecule has 2 aromatic heterocycles. The first-order valence-corrected chi connectivity index (χ1v) is 5.22. The van der Waals surface area contributed by atoms with Gasteiger partial charge in [-0.15, -0.1) is 5.10 Å². The summed E-state index contributed by atoms with van der Waals surface area (Å²) in [6.07, 6.45) is 1.76. The third kappa shape index (κ3) is 2.15. The van der Waals surface area contributed by atoms with E-state index in [-0.39, 0.29) is 0 Å². The van der Waals surface area contributed by atoms with Crippen LogP contribution >= 0.6 is 23.6 Å². The van der Waals surface area contributed by atoms with Gasteiger partial charge in [0.05, 0.1) is 11.9 Å². The van der Waals surface area contributed by atoms with Crippen molar-refractivity contribution in [2.24, 2.45) is 0 Å². The summed E-state index contributed by atoms with van der Waals surface area (Å²) in [5.74, 6) is 0. The molecule has 0 spiro atoms. The van der Waals surface area contributed by atoms with Gasteiger partial charge in [-0.3, -0.25) is 10.1 Å². The Morgan fingerprint density at radius 3 is 2.93 bits per heavy atom. The number of aromatic nitrogens is 3. The molecule has 2 N–H and O–H groups in total. The fourth-order valence-electron chi connectivity index (χ4n) is 0.949. The highest BCUT2D eigenvalue weighted by Crippen LogP contribution is 2.17. The summed E-state index contributed by atoms with van der Waals surface area (Å²) in [4.78, 5) is 4.16. The molecule has 0 aliphatic rings. The molecule has 0 fully saturated rings. The third-order valence-corrected chi connectivity index (χ3v) is 2.61. The van der Waals surface area contributed by atoms with E-state index in [1.807, 2.05) is 19.1 Å². The van der Waals surface area contributed by atoms with Crippen LogP contribution in [0.4, 0.5) is 10.8 Å². The second-order valence-corrected chi connectivity index (χ2v) is 4.40. The molecule has 2 heterocycles. The Morgan fingerprint density at radius 1 is 1.50 bits per heavy atom. The third-order valence-electron chi connectivity index (χ3n) is 1.60. The molecule has 0 amide bonds. The minimum absolute atomic E-state index is 0.660. The SMILES string of the molecule is Cc1ccc(Nc2n[nH]c(=S)s2)cn1. The highest BCUT2D eigenvalue weighted by Gasteiger charge is 1.97. The first-order chi connectivity index (χ1) is 6.74. The van der Waals surface area contributed by atoms with Crippen LogP contribution in [0.1, 0.15) is 5.69 Å². The number of aryl methyl sites for hydroxylation is 1. The summed E-state index contributed by atoms with van der Waals surface area (Å²) in [5.41, 5.74) is 1.90. The zero-order chi connectivity index (χ0) is 9.97. The molecule has 0 aliphatic heterocycles. The Bertz CT molecular complexity index is 471. The van der Waals surface area contributed by atoms with Crippen molar-refractivity contribution < 1.29 is 0 Å². The Labute approximate surface area is 90.0 Å². The average Bonchev–Trinajstić information content (AvgIpc) is 2.56. The molecule has 0 saturated carbocycles. The first kappa shape index (κ1) is 9.29. The summed E-state index contributed by atoms with van der Waals surface area (Å²) >= 11 is 6.31. The normalized spacial score (nSPS) is 10.1. The number of hydrogen-bond acceptors (Lipinski definition) is 5. The van der Waals surface area contributed by atoms with E-state index in [0.717, 1.165) is 16.5 Å². The Hall–Kier alpha value is -1.27. The Morgan fingerprint density at radius 2 is 2.36 bits per heavy atom. The molecule has 0 aliphatic carbocycles. The van der Waals surface area contributed by atoms with E-state index in [2.05, 4.69) is 20.5 Å². The van der Waals surface area contributed by atoms with E-state index in [1.165, 1.54) is 11.3 Å². The lowest BCUT2D eigenvalue weighted by Gasteiger charge is -2.00. The zero-order valence-electron chi connectivity index (χ0n) is 7.44. The van der Waals surface area contributed by atoms with Gasteiger partial charge in [0.2, 0.25) is 5.13 Å². The fourth-order valence-corrected chi connectivity index (χ4v) is 1.76. The van der Waals surface area contributed by atoms with Gasteiger partial charge in [0.25, 0.3) is 0 Å². The van der Waals surface area contributed by atoms with Crippen molar-refractivity contribution in [1.82, 2.24) is 15.2 Å². The van der Waals surface area contributed by atoms with Gasteiger partial charge in [-0.2, -0.15) is 0 Å². The minimum Gasteiger partial charge on any atom is -0.329 e. The van der Waals surface area contributed by atoms with E-state index >= 15 is 0 Å². The van der Waals surface area contributed by atoms with Crippen molar-refractivity contribution in [2.75, 3.05) is 5.32 Å². The highest BCUT2D eigenvalue weighted by molar-refractivity contribution is 7.73. The maximum Gasteiger partial charge on any atom is 0.208 e. The Kier molecular flexibility index (Phi) is 2.55. The van der Waals surface area contributed by atoms with Crippen molar-refractivity contribution >= 4 is 34.4 Å². The molecule has 0 aromatic carbocycles. The monoisotopic (exact) mass is 224 g/mol. The molecular formula is C8H8N4S2. The molecule has 0 unspecified atom stereocenters. The number of H-pyrrole nitrogens is 1. The van der Waals surface area contributed by atoms with Crippen LogP contribution in [-0.4, -0.2) is 15.2 Å². The summed E-state index contributed by atoms with van der Waals surface area (Å²) in [5, 5.41) is 10.5. The van der Waals surface area contributed by atoms with Crippen LogP contribution in [0.15, 0.2) is 18.3 Å². The van der Waals surface area contributed by atoms with E-state index in [4.69, 9.17) is 12.2 Å². The lowest BCUT2D eigenvalue weighted by molar-refractivity contribution is 1.08. The zero-order valence-corrected chi connectivity index (χ0v) is 9.08. The van der Waals surface area contributed by atoms with Crippen molar-refractivity contribution in [3.8, 4) is 0 Å². The Balaban J connectivity index is 2.19. The average molecular weight is 224 g/mol. The molecule has 0 saturated heterocycles. The number of hydrogen-bond donors (Lipinski definition) is 2. The van der Waals surface area contributed by atoms with Crippen molar-refractivity contribution in [1.29, 1.82) is 0 Å². The van der Waals surface area contributed by atoms with Crippen LogP contribution in [0, 0.1) is 10.9 Å². The van der Waals surface area contributed by atoms with Gasteiger partial charge in [0, 0.05) is 5.69 Å². The molecule has 0 radical (unpaired) electrons. The molecule has 4 nitrogen and oxygen atoms in total. The second kappa shape index (κ2) is 3.85. The second-order valence-electron chi connectivity index (χ2n) is 2.73. The summed E-state index contributed by atoms with van der Waals surface area (Å²) < 4.78 is 0.660.